The van der Waals surface area contributed by atoms with Crippen LogP contribution in [0.5, 0.6) is 0 Å². The van der Waals surface area contributed by atoms with E-state index in [2.05, 4.69) is 15.3 Å². The summed E-state index contributed by atoms with van der Waals surface area (Å²) >= 11 is 0. The molecule has 82 valence electrons. The Morgan fingerprint density at radius 1 is 1.60 bits per heavy atom. The van der Waals surface area contributed by atoms with E-state index in [1.807, 2.05) is 4.57 Å². The summed E-state index contributed by atoms with van der Waals surface area (Å²) in [5.41, 5.74) is 0.616. The summed E-state index contributed by atoms with van der Waals surface area (Å²) in [6, 6.07) is 0. The van der Waals surface area contributed by atoms with Crippen LogP contribution in [0.15, 0.2) is 11.3 Å². The fourth-order valence-corrected chi connectivity index (χ4v) is 1.56. The molecule has 1 aromatic rings. The van der Waals surface area contributed by atoms with Gasteiger partial charge in [-0.05, 0) is 6.42 Å². The molecular formula is C9H14N4O2. The van der Waals surface area contributed by atoms with Gasteiger partial charge in [0.15, 0.2) is 0 Å². The van der Waals surface area contributed by atoms with E-state index in [9.17, 15) is 5.11 Å². The van der Waals surface area contributed by atoms with Gasteiger partial charge in [-0.2, -0.15) is 0 Å². The quantitative estimate of drug-likeness (QED) is 0.642. The number of aliphatic imine (C=N–C) groups is 1. The maximum absolute atomic E-state index is 9.70. The fraction of sp³-hybridized carbons (Fsp3) is 0.556. The van der Waals surface area contributed by atoms with E-state index >= 15 is 0 Å². The third-order valence-electron chi connectivity index (χ3n) is 2.31. The van der Waals surface area contributed by atoms with Gasteiger partial charge in [0.25, 0.3) is 0 Å². The molecule has 0 spiro atoms. The van der Waals surface area contributed by atoms with Crippen LogP contribution in [-0.2, 0) is 6.54 Å². The monoisotopic (exact) mass is 210 g/mol. The van der Waals surface area contributed by atoms with Crippen LogP contribution in [0.25, 0.3) is 0 Å². The molecule has 0 aromatic carbocycles. The molecule has 15 heavy (non-hydrogen) atoms. The number of nitrogens with zero attached hydrogens (tertiary/aromatic N) is 3. The SMILES string of the molecule is OCCCn1cnc2c1NC=NCC2O. The summed E-state index contributed by atoms with van der Waals surface area (Å²) in [7, 11) is 0. The first kappa shape index (κ1) is 10.1. The Morgan fingerprint density at radius 2 is 2.47 bits per heavy atom. The lowest BCUT2D eigenvalue weighted by atomic mass is 10.2. The van der Waals surface area contributed by atoms with Gasteiger partial charge in [0, 0.05) is 13.2 Å². The first-order valence-electron chi connectivity index (χ1n) is 4.91. The van der Waals surface area contributed by atoms with Crippen molar-refractivity contribution in [3.05, 3.63) is 12.0 Å². The van der Waals surface area contributed by atoms with Crippen molar-refractivity contribution in [2.45, 2.75) is 19.1 Å². The minimum absolute atomic E-state index is 0.142. The van der Waals surface area contributed by atoms with Crippen molar-refractivity contribution in [2.24, 2.45) is 4.99 Å². The second-order valence-electron chi connectivity index (χ2n) is 3.40. The van der Waals surface area contributed by atoms with Crippen LogP contribution in [-0.4, -0.2) is 39.3 Å². The Labute approximate surface area is 87.3 Å². The predicted molar refractivity (Wildman–Crippen MR) is 55.9 cm³/mol. The number of aryl methyl sites for hydroxylation is 1. The van der Waals surface area contributed by atoms with Crippen LogP contribution >= 0.6 is 0 Å². The summed E-state index contributed by atoms with van der Waals surface area (Å²) < 4.78 is 1.87. The topological polar surface area (TPSA) is 82.7 Å². The van der Waals surface area contributed by atoms with Crippen LogP contribution in [0, 0.1) is 0 Å². The van der Waals surface area contributed by atoms with Gasteiger partial charge in [-0.25, -0.2) is 4.98 Å². The standard InChI is InChI=1S/C9H14N4O2/c14-3-1-2-13-6-12-8-7(15)4-10-5-11-9(8)13/h5-7,14-15H,1-4H2,(H,10,11). The van der Waals surface area contributed by atoms with Gasteiger partial charge in [0.05, 0.1) is 19.2 Å². The predicted octanol–water partition coefficient (Wildman–Crippen LogP) is -0.247. The van der Waals surface area contributed by atoms with Crippen molar-refractivity contribution in [3.63, 3.8) is 0 Å². The molecule has 0 saturated carbocycles. The Kier molecular flexibility index (Phi) is 2.98. The Balaban J connectivity index is 2.23. The second-order valence-corrected chi connectivity index (χ2v) is 3.40. The van der Waals surface area contributed by atoms with Gasteiger partial charge in [0.1, 0.15) is 17.6 Å². The molecule has 1 aliphatic rings. The third kappa shape index (κ3) is 2.00. The smallest absolute Gasteiger partial charge is 0.137 e. The molecule has 2 rings (SSSR count). The number of rotatable bonds is 3. The molecule has 6 nitrogen and oxygen atoms in total. The van der Waals surface area contributed by atoms with E-state index in [4.69, 9.17) is 5.11 Å². The van der Waals surface area contributed by atoms with Crippen LogP contribution in [0.3, 0.4) is 0 Å². The molecule has 0 fully saturated rings. The summed E-state index contributed by atoms with van der Waals surface area (Å²) in [5, 5.41) is 21.4. The molecule has 0 bridgehead atoms. The average Bonchev–Trinajstić information content (AvgIpc) is 2.55. The molecule has 1 unspecified atom stereocenters. The highest BCUT2D eigenvalue weighted by Crippen LogP contribution is 2.23. The highest BCUT2D eigenvalue weighted by atomic mass is 16.3. The molecular weight excluding hydrogens is 196 g/mol. The van der Waals surface area contributed by atoms with Gasteiger partial charge in [-0.3, -0.25) is 4.99 Å². The number of hydrogen-bond acceptors (Lipinski definition) is 5. The van der Waals surface area contributed by atoms with Crippen molar-refractivity contribution in [2.75, 3.05) is 18.5 Å². The molecule has 6 heteroatoms. The lowest BCUT2D eigenvalue weighted by molar-refractivity contribution is 0.184. The minimum Gasteiger partial charge on any atom is -0.396 e. The molecule has 0 amide bonds. The molecule has 0 saturated heterocycles. The Morgan fingerprint density at radius 3 is 3.27 bits per heavy atom. The summed E-state index contributed by atoms with van der Waals surface area (Å²) in [4.78, 5) is 8.11. The van der Waals surface area contributed by atoms with Crippen LogP contribution in [0.4, 0.5) is 5.82 Å². The van der Waals surface area contributed by atoms with Gasteiger partial charge in [0.2, 0.25) is 0 Å². The number of aromatic nitrogens is 2. The third-order valence-corrected chi connectivity index (χ3v) is 2.31. The van der Waals surface area contributed by atoms with Crippen LogP contribution in [0.2, 0.25) is 0 Å². The number of imidazole rings is 1. The zero-order valence-electron chi connectivity index (χ0n) is 8.30. The van der Waals surface area contributed by atoms with Crippen molar-refractivity contribution in [1.29, 1.82) is 0 Å². The number of anilines is 1. The van der Waals surface area contributed by atoms with Crippen molar-refractivity contribution >= 4 is 12.2 Å². The zero-order valence-corrected chi connectivity index (χ0v) is 8.30. The fourth-order valence-electron chi connectivity index (χ4n) is 1.56. The maximum Gasteiger partial charge on any atom is 0.137 e. The Bertz CT molecular complexity index is 361. The normalized spacial score (nSPS) is 19.5. The average molecular weight is 210 g/mol. The lowest BCUT2D eigenvalue weighted by Gasteiger charge is -2.08. The molecule has 1 aromatic heterocycles. The molecule has 0 radical (unpaired) electrons. The van der Waals surface area contributed by atoms with E-state index in [1.165, 1.54) is 0 Å². The summed E-state index contributed by atoms with van der Waals surface area (Å²) in [6.07, 6.45) is 3.24. The van der Waals surface area contributed by atoms with Crippen LogP contribution < -0.4 is 5.32 Å². The highest BCUT2D eigenvalue weighted by Gasteiger charge is 2.19. The van der Waals surface area contributed by atoms with E-state index in [1.54, 1.807) is 12.7 Å². The first-order chi connectivity index (χ1) is 7.33. The van der Waals surface area contributed by atoms with E-state index < -0.39 is 6.10 Å². The van der Waals surface area contributed by atoms with Crippen molar-refractivity contribution < 1.29 is 10.2 Å². The number of aliphatic hydroxyl groups excluding tert-OH is 2. The van der Waals surface area contributed by atoms with Gasteiger partial charge in [-0.15, -0.1) is 0 Å². The van der Waals surface area contributed by atoms with Gasteiger partial charge in [-0.1, -0.05) is 0 Å². The number of hydrogen-bond donors (Lipinski definition) is 3. The van der Waals surface area contributed by atoms with Gasteiger partial charge < -0.3 is 20.1 Å². The summed E-state index contributed by atoms with van der Waals surface area (Å²) in [6.45, 7) is 1.15. The van der Waals surface area contributed by atoms with E-state index in [-0.39, 0.29) is 6.61 Å². The van der Waals surface area contributed by atoms with Crippen LogP contribution in [0.1, 0.15) is 18.2 Å². The molecule has 1 atom stereocenters. The minimum atomic E-state index is -0.651. The first-order valence-corrected chi connectivity index (χ1v) is 4.91. The van der Waals surface area contributed by atoms with Crippen molar-refractivity contribution in [3.8, 4) is 0 Å². The number of aliphatic hydroxyl groups is 2. The number of fused-ring (bicyclic) bond motifs is 1. The summed E-state index contributed by atoms with van der Waals surface area (Å²) in [5.74, 6) is 0.761. The zero-order chi connectivity index (χ0) is 10.7. The second kappa shape index (κ2) is 4.41. The maximum atomic E-state index is 9.70. The molecule has 2 heterocycles. The largest absolute Gasteiger partial charge is 0.396 e. The Hall–Kier alpha value is -1.40. The van der Waals surface area contributed by atoms with Gasteiger partial charge >= 0.3 is 0 Å². The van der Waals surface area contributed by atoms with Crippen molar-refractivity contribution in [1.82, 2.24) is 9.55 Å². The molecule has 1 aliphatic heterocycles. The van der Waals surface area contributed by atoms with E-state index in [0.29, 0.717) is 25.2 Å². The molecule has 3 N–H and O–H groups in total. The highest BCUT2D eigenvalue weighted by molar-refractivity contribution is 5.76. The lowest BCUT2D eigenvalue weighted by Crippen LogP contribution is -2.07. The molecule has 0 aliphatic carbocycles. The van der Waals surface area contributed by atoms with E-state index in [0.717, 1.165) is 5.82 Å². The number of nitrogens with one attached hydrogen (secondary N) is 1.